The summed E-state index contributed by atoms with van der Waals surface area (Å²) >= 11 is 0. The van der Waals surface area contributed by atoms with Gasteiger partial charge in [0.15, 0.2) is 0 Å². The van der Waals surface area contributed by atoms with Gasteiger partial charge in [-0.1, -0.05) is 51.9 Å². The van der Waals surface area contributed by atoms with Crippen molar-refractivity contribution in [2.75, 3.05) is 5.75 Å². The summed E-state index contributed by atoms with van der Waals surface area (Å²) in [4.78, 5) is 0. The van der Waals surface area contributed by atoms with Crippen LogP contribution in [-0.4, -0.2) is 29.9 Å². The van der Waals surface area contributed by atoms with Gasteiger partial charge in [-0.2, -0.15) is 0 Å². The first-order valence-corrected chi connectivity index (χ1v) is 8.65. The maximum Gasteiger partial charge on any atom is 1.00 e. The zero-order valence-corrected chi connectivity index (χ0v) is 15.3. The van der Waals surface area contributed by atoms with Crippen LogP contribution in [0.4, 0.5) is 0 Å². The first-order valence-electron chi connectivity index (χ1n) is 7.07. The summed E-state index contributed by atoms with van der Waals surface area (Å²) in [6.45, 7) is 2.19. The van der Waals surface area contributed by atoms with Crippen LogP contribution >= 0.6 is 0 Å². The van der Waals surface area contributed by atoms with Gasteiger partial charge in [-0.05, 0) is 19.3 Å². The smallest absolute Gasteiger partial charge is 0.748 e. The molecule has 0 amide bonds. The van der Waals surface area contributed by atoms with Crippen LogP contribution in [0.25, 0.3) is 0 Å². The van der Waals surface area contributed by atoms with Crippen molar-refractivity contribution in [1.82, 2.24) is 0 Å². The van der Waals surface area contributed by atoms with E-state index in [2.05, 4.69) is 6.92 Å². The summed E-state index contributed by atoms with van der Waals surface area (Å²) < 4.78 is 31.1. The molecule has 0 fully saturated rings. The Morgan fingerprint density at radius 3 is 1.95 bits per heavy atom. The Kier molecular flexibility index (Phi) is 16.1. The molecule has 0 radical (unpaired) electrons. The minimum Gasteiger partial charge on any atom is -0.748 e. The molecule has 6 heteroatoms. The van der Waals surface area contributed by atoms with E-state index in [4.69, 9.17) is 0 Å². The largest absolute Gasteiger partial charge is 1.00 e. The topological polar surface area (TPSA) is 77.4 Å². The Bertz CT molecular complexity index is 280. The number of rotatable bonds is 12. The molecule has 0 aliphatic heterocycles. The Balaban J connectivity index is 0. The van der Waals surface area contributed by atoms with Gasteiger partial charge in [0, 0.05) is 5.75 Å². The van der Waals surface area contributed by atoms with Gasteiger partial charge >= 0.3 is 29.6 Å². The van der Waals surface area contributed by atoms with Crippen molar-refractivity contribution in [1.29, 1.82) is 0 Å². The zero-order chi connectivity index (χ0) is 13.9. The van der Waals surface area contributed by atoms with E-state index in [1.165, 1.54) is 32.1 Å². The van der Waals surface area contributed by atoms with E-state index in [9.17, 15) is 18.1 Å². The van der Waals surface area contributed by atoms with Crippen LogP contribution in [0.15, 0.2) is 0 Å². The van der Waals surface area contributed by atoms with E-state index in [-0.39, 0.29) is 41.7 Å². The van der Waals surface area contributed by atoms with Gasteiger partial charge in [0.05, 0.1) is 16.2 Å². The van der Waals surface area contributed by atoms with Crippen LogP contribution in [0.3, 0.4) is 0 Å². The molecular weight excluding hydrogens is 275 g/mol. The van der Waals surface area contributed by atoms with E-state index >= 15 is 0 Å². The Morgan fingerprint density at radius 1 is 0.947 bits per heavy atom. The van der Waals surface area contributed by atoms with Crippen LogP contribution in [0.5, 0.6) is 0 Å². The molecule has 0 saturated heterocycles. The summed E-state index contributed by atoms with van der Waals surface area (Å²) in [5.41, 5.74) is 0. The third-order valence-electron chi connectivity index (χ3n) is 3.07. The second-order valence-electron chi connectivity index (χ2n) is 4.97. The number of aliphatic hydroxyl groups excluding tert-OH is 1. The zero-order valence-electron chi connectivity index (χ0n) is 12.4. The van der Waals surface area contributed by atoms with E-state index in [1.807, 2.05) is 0 Å². The van der Waals surface area contributed by atoms with Gasteiger partial charge in [0.25, 0.3) is 0 Å². The molecule has 0 spiro atoms. The molecule has 0 bridgehead atoms. The van der Waals surface area contributed by atoms with Gasteiger partial charge < -0.3 is 9.66 Å². The molecule has 19 heavy (non-hydrogen) atoms. The van der Waals surface area contributed by atoms with Crippen molar-refractivity contribution in [3.63, 3.8) is 0 Å². The maximum absolute atomic E-state index is 10.4. The van der Waals surface area contributed by atoms with Crippen molar-refractivity contribution >= 4 is 10.1 Å². The molecule has 0 saturated carbocycles. The van der Waals surface area contributed by atoms with Crippen molar-refractivity contribution < 1.29 is 47.6 Å². The summed E-state index contributed by atoms with van der Waals surface area (Å²) in [6.07, 6.45) is 9.36. The minimum absolute atomic E-state index is 0. The van der Waals surface area contributed by atoms with E-state index in [1.54, 1.807) is 0 Å². The number of hydrogen-bond donors (Lipinski definition) is 1. The molecular formula is C13H27NaO4S. The average molecular weight is 302 g/mol. The van der Waals surface area contributed by atoms with Crippen LogP contribution < -0.4 is 29.6 Å². The Morgan fingerprint density at radius 2 is 1.42 bits per heavy atom. The normalized spacial score (nSPS) is 13.0. The van der Waals surface area contributed by atoms with E-state index < -0.39 is 16.2 Å². The fourth-order valence-electron chi connectivity index (χ4n) is 1.98. The van der Waals surface area contributed by atoms with Crippen molar-refractivity contribution in [3.8, 4) is 0 Å². The number of hydrogen-bond acceptors (Lipinski definition) is 4. The molecule has 0 aliphatic rings. The van der Waals surface area contributed by atoms with E-state index in [0.29, 0.717) is 12.8 Å². The molecule has 1 unspecified atom stereocenters. The van der Waals surface area contributed by atoms with Gasteiger partial charge in [-0.3, -0.25) is 0 Å². The summed E-state index contributed by atoms with van der Waals surface area (Å²) in [5, 5.41) is 9.59. The molecule has 110 valence electrons. The fraction of sp³-hybridized carbons (Fsp3) is 1.00. The molecule has 1 atom stereocenters. The monoisotopic (exact) mass is 302 g/mol. The summed E-state index contributed by atoms with van der Waals surface area (Å²) in [7, 11) is -4.12. The quantitative estimate of drug-likeness (QED) is 0.308. The van der Waals surface area contributed by atoms with Crippen LogP contribution in [-0.2, 0) is 10.1 Å². The van der Waals surface area contributed by atoms with Crippen molar-refractivity contribution in [2.24, 2.45) is 0 Å². The molecule has 0 aromatic heterocycles. The molecule has 0 aromatic carbocycles. The molecule has 0 aliphatic carbocycles. The van der Waals surface area contributed by atoms with Gasteiger partial charge in [-0.15, -0.1) is 0 Å². The third kappa shape index (κ3) is 18.9. The van der Waals surface area contributed by atoms with Gasteiger partial charge in [0.1, 0.15) is 0 Å². The SMILES string of the molecule is CCCCCCCCCC(O)CCCS(=O)(=O)[O-].[Na+]. The van der Waals surface area contributed by atoms with Gasteiger partial charge in [-0.25, -0.2) is 8.42 Å². The average Bonchev–Trinajstić information content (AvgIpc) is 2.26. The molecule has 4 nitrogen and oxygen atoms in total. The van der Waals surface area contributed by atoms with Gasteiger partial charge in [0.2, 0.25) is 0 Å². The number of unbranched alkanes of at least 4 members (excludes halogenated alkanes) is 6. The molecule has 0 heterocycles. The standard InChI is InChI=1S/C13H28O4S.Na/c1-2-3-4-5-6-7-8-10-13(14)11-9-12-18(15,16)17;/h13-14H,2-12H2,1H3,(H,15,16,17);/q;+1/p-1. The van der Waals surface area contributed by atoms with Crippen LogP contribution in [0.1, 0.15) is 71.1 Å². The van der Waals surface area contributed by atoms with Crippen molar-refractivity contribution in [2.45, 2.75) is 77.2 Å². The second-order valence-corrected chi connectivity index (χ2v) is 6.49. The summed E-state index contributed by atoms with van der Waals surface area (Å²) in [5.74, 6) is -0.360. The van der Waals surface area contributed by atoms with Crippen LogP contribution in [0.2, 0.25) is 0 Å². The Hall–Kier alpha value is 0.870. The molecule has 1 N–H and O–H groups in total. The first-order chi connectivity index (χ1) is 8.45. The van der Waals surface area contributed by atoms with Crippen LogP contribution in [0, 0.1) is 0 Å². The fourth-order valence-corrected chi connectivity index (χ4v) is 2.50. The maximum atomic E-state index is 10.4. The minimum atomic E-state index is -4.12. The third-order valence-corrected chi connectivity index (χ3v) is 3.86. The first kappa shape index (κ1) is 22.2. The predicted octanol–water partition coefficient (Wildman–Crippen LogP) is -0.183. The van der Waals surface area contributed by atoms with E-state index in [0.717, 1.165) is 12.8 Å². The van der Waals surface area contributed by atoms with Crippen molar-refractivity contribution in [3.05, 3.63) is 0 Å². The second kappa shape index (κ2) is 13.8. The molecule has 0 aromatic rings. The summed E-state index contributed by atoms with van der Waals surface area (Å²) in [6, 6.07) is 0. The predicted molar refractivity (Wildman–Crippen MR) is 72.4 cm³/mol. The number of aliphatic hydroxyl groups is 1. The Labute approximate surface area is 140 Å². The molecule has 0 rings (SSSR count).